The lowest BCUT2D eigenvalue weighted by Gasteiger charge is -2.12. The van der Waals surface area contributed by atoms with Crippen molar-refractivity contribution in [2.75, 3.05) is 33.4 Å². The standard InChI is InChI=1S/C16H31N3O3/c1-3-17-16(19-12-7-13-21-2)18-11-6-10-15(20)22-14-8-4-5-9-14/h14H,3-13H2,1-2H3,(H2,17,18,19). The van der Waals surface area contributed by atoms with Gasteiger partial charge in [0, 0.05) is 39.8 Å². The van der Waals surface area contributed by atoms with Gasteiger partial charge < -0.3 is 20.1 Å². The van der Waals surface area contributed by atoms with E-state index in [1.807, 2.05) is 6.92 Å². The number of aliphatic imine (C=N–C) groups is 1. The molecule has 0 spiro atoms. The Labute approximate surface area is 134 Å². The molecule has 0 radical (unpaired) electrons. The molecule has 6 heteroatoms. The topological polar surface area (TPSA) is 72.0 Å². The van der Waals surface area contributed by atoms with Gasteiger partial charge >= 0.3 is 5.97 Å². The molecular weight excluding hydrogens is 282 g/mol. The number of hydrogen-bond acceptors (Lipinski definition) is 4. The summed E-state index contributed by atoms with van der Waals surface area (Å²) >= 11 is 0. The molecule has 1 aliphatic carbocycles. The van der Waals surface area contributed by atoms with E-state index in [1.54, 1.807) is 7.11 Å². The second-order valence-corrected chi connectivity index (χ2v) is 5.53. The minimum atomic E-state index is -0.0832. The summed E-state index contributed by atoms with van der Waals surface area (Å²) in [7, 11) is 1.70. The van der Waals surface area contributed by atoms with E-state index >= 15 is 0 Å². The van der Waals surface area contributed by atoms with Crippen molar-refractivity contribution < 1.29 is 14.3 Å². The molecule has 1 saturated carbocycles. The van der Waals surface area contributed by atoms with Crippen LogP contribution in [0.3, 0.4) is 0 Å². The van der Waals surface area contributed by atoms with Crippen molar-refractivity contribution in [3.05, 3.63) is 0 Å². The predicted octanol–water partition coefficient (Wildman–Crippen LogP) is 1.84. The Hall–Kier alpha value is -1.30. The number of esters is 1. The summed E-state index contributed by atoms with van der Waals surface area (Å²) in [5.41, 5.74) is 0. The monoisotopic (exact) mass is 313 g/mol. The molecule has 0 amide bonds. The Morgan fingerprint density at radius 2 is 2.00 bits per heavy atom. The molecule has 0 aliphatic heterocycles. The van der Waals surface area contributed by atoms with E-state index in [4.69, 9.17) is 9.47 Å². The van der Waals surface area contributed by atoms with Gasteiger partial charge in [0.05, 0.1) is 0 Å². The Kier molecular flexibility index (Phi) is 10.5. The number of carbonyl (C=O) groups excluding carboxylic acids is 1. The lowest BCUT2D eigenvalue weighted by atomic mass is 10.3. The first-order chi connectivity index (χ1) is 10.8. The van der Waals surface area contributed by atoms with Crippen LogP contribution >= 0.6 is 0 Å². The van der Waals surface area contributed by atoms with Crippen LogP contribution in [0.5, 0.6) is 0 Å². The van der Waals surface area contributed by atoms with E-state index < -0.39 is 0 Å². The SMILES string of the molecule is CCNC(=NCCCC(=O)OC1CCCC1)NCCCOC. The maximum absolute atomic E-state index is 11.7. The second kappa shape index (κ2) is 12.3. The average Bonchev–Trinajstić information content (AvgIpc) is 3.00. The number of ether oxygens (including phenoxy) is 2. The first-order valence-corrected chi connectivity index (χ1v) is 8.46. The van der Waals surface area contributed by atoms with Crippen LogP contribution < -0.4 is 10.6 Å². The first kappa shape index (κ1) is 18.7. The summed E-state index contributed by atoms with van der Waals surface area (Å²) in [5, 5.41) is 6.43. The molecule has 2 N–H and O–H groups in total. The molecule has 1 aliphatic rings. The zero-order valence-electron chi connectivity index (χ0n) is 14.0. The lowest BCUT2D eigenvalue weighted by molar-refractivity contribution is -0.148. The van der Waals surface area contributed by atoms with Gasteiger partial charge in [-0.25, -0.2) is 0 Å². The van der Waals surface area contributed by atoms with E-state index in [0.29, 0.717) is 13.0 Å². The molecule has 0 bridgehead atoms. The number of rotatable bonds is 10. The highest BCUT2D eigenvalue weighted by molar-refractivity contribution is 5.79. The van der Waals surface area contributed by atoms with Crippen molar-refractivity contribution in [3.63, 3.8) is 0 Å². The molecule has 128 valence electrons. The van der Waals surface area contributed by atoms with Gasteiger partial charge in [0.2, 0.25) is 0 Å². The van der Waals surface area contributed by atoms with Crippen LogP contribution in [-0.2, 0) is 14.3 Å². The summed E-state index contributed by atoms with van der Waals surface area (Å²) < 4.78 is 10.4. The van der Waals surface area contributed by atoms with Crippen molar-refractivity contribution in [1.29, 1.82) is 0 Å². The van der Waals surface area contributed by atoms with Crippen molar-refractivity contribution in [1.82, 2.24) is 10.6 Å². The maximum Gasteiger partial charge on any atom is 0.306 e. The van der Waals surface area contributed by atoms with Gasteiger partial charge in [0.15, 0.2) is 5.96 Å². The highest BCUT2D eigenvalue weighted by atomic mass is 16.5. The van der Waals surface area contributed by atoms with E-state index in [1.165, 1.54) is 12.8 Å². The van der Waals surface area contributed by atoms with Crippen molar-refractivity contribution in [3.8, 4) is 0 Å². The zero-order valence-corrected chi connectivity index (χ0v) is 14.0. The first-order valence-electron chi connectivity index (χ1n) is 8.46. The zero-order chi connectivity index (χ0) is 16.0. The van der Waals surface area contributed by atoms with Gasteiger partial charge in [-0.3, -0.25) is 9.79 Å². The molecule has 0 heterocycles. The highest BCUT2D eigenvalue weighted by Crippen LogP contribution is 2.21. The maximum atomic E-state index is 11.7. The number of carbonyl (C=O) groups is 1. The van der Waals surface area contributed by atoms with E-state index in [-0.39, 0.29) is 12.1 Å². The minimum absolute atomic E-state index is 0.0832. The molecule has 6 nitrogen and oxygen atoms in total. The summed E-state index contributed by atoms with van der Waals surface area (Å²) in [6.07, 6.45) is 6.69. The third-order valence-electron chi connectivity index (χ3n) is 3.57. The molecule has 0 saturated heterocycles. The van der Waals surface area contributed by atoms with Crippen LogP contribution in [0.4, 0.5) is 0 Å². The van der Waals surface area contributed by atoms with Gasteiger partial charge in [-0.1, -0.05) is 0 Å². The number of nitrogens with one attached hydrogen (secondary N) is 2. The number of hydrogen-bond donors (Lipinski definition) is 2. The summed E-state index contributed by atoms with van der Waals surface area (Å²) in [6, 6.07) is 0. The van der Waals surface area contributed by atoms with E-state index in [0.717, 1.165) is 51.3 Å². The molecule has 1 fully saturated rings. The number of guanidine groups is 1. The Bertz CT molecular complexity index is 329. The molecule has 0 aromatic carbocycles. The summed E-state index contributed by atoms with van der Waals surface area (Å²) in [4.78, 5) is 16.2. The van der Waals surface area contributed by atoms with Crippen LogP contribution in [0, 0.1) is 0 Å². The fourth-order valence-corrected chi connectivity index (χ4v) is 2.43. The fourth-order valence-electron chi connectivity index (χ4n) is 2.43. The number of methoxy groups -OCH3 is 1. The van der Waals surface area contributed by atoms with Crippen LogP contribution in [0.2, 0.25) is 0 Å². The van der Waals surface area contributed by atoms with Crippen molar-refractivity contribution in [2.24, 2.45) is 4.99 Å². The summed E-state index contributed by atoms with van der Waals surface area (Å²) in [6.45, 7) is 5.04. The Morgan fingerprint density at radius 1 is 1.23 bits per heavy atom. The van der Waals surface area contributed by atoms with Crippen molar-refractivity contribution >= 4 is 11.9 Å². The van der Waals surface area contributed by atoms with Crippen LogP contribution in [-0.4, -0.2) is 51.4 Å². The summed E-state index contributed by atoms with van der Waals surface area (Å²) in [5.74, 6) is 0.711. The van der Waals surface area contributed by atoms with Crippen molar-refractivity contribution in [2.45, 2.75) is 58.0 Å². The quantitative estimate of drug-likeness (QED) is 0.279. The number of nitrogens with zero attached hydrogens (tertiary/aromatic N) is 1. The van der Waals surface area contributed by atoms with Gasteiger partial charge in [0.1, 0.15) is 6.10 Å². The predicted molar refractivity (Wildman–Crippen MR) is 88.1 cm³/mol. The van der Waals surface area contributed by atoms with Gasteiger partial charge in [-0.05, 0) is 45.4 Å². The Balaban J connectivity index is 2.14. The largest absolute Gasteiger partial charge is 0.462 e. The van der Waals surface area contributed by atoms with E-state index in [9.17, 15) is 4.79 Å². The highest BCUT2D eigenvalue weighted by Gasteiger charge is 2.18. The van der Waals surface area contributed by atoms with Gasteiger partial charge in [-0.15, -0.1) is 0 Å². The minimum Gasteiger partial charge on any atom is -0.462 e. The smallest absolute Gasteiger partial charge is 0.306 e. The van der Waals surface area contributed by atoms with Gasteiger partial charge in [-0.2, -0.15) is 0 Å². The molecule has 0 atom stereocenters. The van der Waals surface area contributed by atoms with E-state index in [2.05, 4.69) is 15.6 Å². The van der Waals surface area contributed by atoms with Crippen LogP contribution in [0.1, 0.15) is 51.9 Å². The average molecular weight is 313 g/mol. The molecule has 0 aromatic rings. The van der Waals surface area contributed by atoms with Crippen LogP contribution in [0.15, 0.2) is 4.99 Å². The normalized spacial score (nSPS) is 15.8. The fraction of sp³-hybridized carbons (Fsp3) is 0.875. The molecular formula is C16H31N3O3. The molecule has 0 unspecified atom stereocenters. The second-order valence-electron chi connectivity index (χ2n) is 5.53. The third-order valence-corrected chi connectivity index (χ3v) is 3.57. The lowest BCUT2D eigenvalue weighted by Crippen LogP contribution is -2.38. The molecule has 0 aromatic heterocycles. The Morgan fingerprint density at radius 3 is 2.68 bits per heavy atom. The van der Waals surface area contributed by atoms with Crippen LogP contribution in [0.25, 0.3) is 0 Å². The molecule has 1 rings (SSSR count). The van der Waals surface area contributed by atoms with Gasteiger partial charge in [0.25, 0.3) is 0 Å². The molecule has 22 heavy (non-hydrogen) atoms. The third kappa shape index (κ3) is 8.87.